The summed E-state index contributed by atoms with van der Waals surface area (Å²) in [6.07, 6.45) is 3.46. The molecule has 0 spiro atoms. The Hall–Kier alpha value is -2.80. The summed E-state index contributed by atoms with van der Waals surface area (Å²) in [4.78, 5) is 18.6. The summed E-state index contributed by atoms with van der Waals surface area (Å²) >= 11 is 1.16. The van der Waals surface area contributed by atoms with E-state index in [1.165, 1.54) is 0 Å². The van der Waals surface area contributed by atoms with Crippen LogP contribution < -0.4 is 4.74 Å². The predicted octanol–water partition coefficient (Wildman–Crippen LogP) is 2.78. The molecule has 1 amide bonds. The van der Waals surface area contributed by atoms with Crippen molar-refractivity contribution in [2.75, 3.05) is 7.11 Å². The molecule has 0 bridgehead atoms. The third-order valence-electron chi connectivity index (χ3n) is 3.52. The highest BCUT2D eigenvalue weighted by Crippen LogP contribution is 2.21. The molecule has 3 rings (SSSR count). The molecule has 7 heteroatoms. The lowest BCUT2D eigenvalue weighted by molar-refractivity contribution is 0.0722. The third kappa shape index (κ3) is 3.75. The van der Waals surface area contributed by atoms with Gasteiger partial charge in [0.15, 0.2) is 5.69 Å². The quantitative estimate of drug-likeness (QED) is 0.690. The Morgan fingerprint density at radius 3 is 2.79 bits per heavy atom. The van der Waals surface area contributed by atoms with Crippen molar-refractivity contribution in [1.82, 2.24) is 19.5 Å². The van der Waals surface area contributed by atoms with Gasteiger partial charge in [-0.2, -0.15) is 0 Å². The molecule has 0 N–H and O–H groups in total. The molecule has 3 aromatic rings. The Labute approximate surface area is 143 Å². The van der Waals surface area contributed by atoms with Gasteiger partial charge in [0.25, 0.3) is 5.91 Å². The SMILES string of the molecule is COc1ccccc1CN(Cc1cccnc1)C(=O)c1csnn1. The van der Waals surface area contributed by atoms with Crippen LogP contribution in [0.3, 0.4) is 0 Å². The van der Waals surface area contributed by atoms with E-state index in [9.17, 15) is 4.79 Å². The van der Waals surface area contributed by atoms with Crippen molar-refractivity contribution in [3.8, 4) is 5.75 Å². The number of benzene rings is 1. The minimum absolute atomic E-state index is 0.168. The molecular formula is C17H16N4O2S. The summed E-state index contributed by atoms with van der Waals surface area (Å²) in [6, 6.07) is 11.4. The van der Waals surface area contributed by atoms with E-state index in [1.54, 1.807) is 29.8 Å². The van der Waals surface area contributed by atoms with Crippen molar-refractivity contribution in [3.05, 3.63) is 71.0 Å². The van der Waals surface area contributed by atoms with Crippen molar-refractivity contribution in [3.63, 3.8) is 0 Å². The molecule has 0 fully saturated rings. The second-order valence-corrected chi connectivity index (χ2v) is 5.73. The van der Waals surface area contributed by atoms with Gasteiger partial charge < -0.3 is 9.64 Å². The van der Waals surface area contributed by atoms with Gasteiger partial charge in [-0.1, -0.05) is 28.8 Å². The van der Waals surface area contributed by atoms with Crippen LogP contribution in [0.15, 0.2) is 54.2 Å². The first-order valence-corrected chi connectivity index (χ1v) is 8.18. The van der Waals surface area contributed by atoms with Crippen molar-refractivity contribution < 1.29 is 9.53 Å². The lowest BCUT2D eigenvalue weighted by atomic mass is 10.1. The Kier molecular flexibility index (Phi) is 5.12. The predicted molar refractivity (Wildman–Crippen MR) is 90.7 cm³/mol. The number of hydrogen-bond donors (Lipinski definition) is 0. The normalized spacial score (nSPS) is 10.4. The van der Waals surface area contributed by atoms with Crippen LogP contribution in [-0.4, -0.2) is 32.5 Å². The van der Waals surface area contributed by atoms with Gasteiger partial charge in [-0.3, -0.25) is 9.78 Å². The fourth-order valence-electron chi connectivity index (χ4n) is 2.37. The number of rotatable bonds is 6. The Bertz CT molecular complexity index is 793. The molecule has 0 aliphatic carbocycles. The van der Waals surface area contributed by atoms with Gasteiger partial charge in [0, 0.05) is 29.9 Å². The largest absolute Gasteiger partial charge is 0.496 e. The molecule has 0 saturated heterocycles. The van der Waals surface area contributed by atoms with Crippen LogP contribution in [0.2, 0.25) is 0 Å². The number of amides is 1. The number of methoxy groups -OCH3 is 1. The van der Waals surface area contributed by atoms with Gasteiger partial charge in [-0.25, -0.2) is 0 Å². The Morgan fingerprint density at radius 2 is 2.08 bits per heavy atom. The number of para-hydroxylation sites is 1. The molecule has 0 atom stereocenters. The minimum atomic E-state index is -0.168. The Balaban J connectivity index is 1.88. The van der Waals surface area contributed by atoms with E-state index in [1.807, 2.05) is 36.4 Å². The lowest BCUT2D eigenvalue weighted by Crippen LogP contribution is -2.30. The van der Waals surface area contributed by atoms with Crippen LogP contribution in [0.4, 0.5) is 0 Å². The van der Waals surface area contributed by atoms with E-state index in [-0.39, 0.29) is 5.91 Å². The summed E-state index contributed by atoms with van der Waals surface area (Å²) in [5.74, 6) is 0.580. The molecule has 0 radical (unpaired) electrons. The second kappa shape index (κ2) is 7.65. The molecule has 24 heavy (non-hydrogen) atoms. The maximum absolute atomic E-state index is 12.8. The zero-order valence-electron chi connectivity index (χ0n) is 13.1. The first-order chi connectivity index (χ1) is 11.8. The maximum atomic E-state index is 12.8. The topological polar surface area (TPSA) is 68.2 Å². The zero-order valence-corrected chi connectivity index (χ0v) is 13.9. The number of ether oxygens (including phenoxy) is 1. The molecule has 1 aromatic carbocycles. The molecule has 6 nitrogen and oxygen atoms in total. The van der Waals surface area contributed by atoms with Crippen LogP contribution in [0.25, 0.3) is 0 Å². The number of carbonyl (C=O) groups excluding carboxylic acids is 1. The second-order valence-electron chi connectivity index (χ2n) is 5.12. The van der Waals surface area contributed by atoms with Crippen LogP contribution in [-0.2, 0) is 13.1 Å². The first-order valence-electron chi connectivity index (χ1n) is 7.35. The van der Waals surface area contributed by atoms with E-state index in [0.717, 1.165) is 28.4 Å². The maximum Gasteiger partial charge on any atom is 0.275 e. The van der Waals surface area contributed by atoms with Gasteiger partial charge in [-0.15, -0.1) is 5.10 Å². The number of aromatic nitrogens is 3. The van der Waals surface area contributed by atoms with Crippen LogP contribution in [0.5, 0.6) is 5.75 Å². The number of pyridine rings is 1. The van der Waals surface area contributed by atoms with Crippen LogP contribution in [0.1, 0.15) is 21.6 Å². The van der Waals surface area contributed by atoms with E-state index < -0.39 is 0 Å². The van der Waals surface area contributed by atoms with E-state index in [4.69, 9.17) is 4.74 Å². The lowest BCUT2D eigenvalue weighted by Gasteiger charge is -2.23. The molecule has 0 aliphatic rings. The highest BCUT2D eigenvalue weighted by molar-refractivity contribution is 7.03. The number of carbonyl (C=O) groups is 1. The van der Waals surface area contributed by atoms with Crippen LogP contribution >= 0.6 is 11.5 Å². The summed E-state index contributed by atoms with van der Waals surface area (Å²) in [5, 5.41) is 5.55. The fourth-order valence-corrected chi connectivity index (χ4v) is 2.80. The van der Waals surface area contributed by atoms with Gasteiger partial charge in [0.1, 0.15) is 5.75 Å². The standard InChI is InChI=1S/C17H16N4O2S/c1-23-16-7-3-2-6-14(16)11-21(10-13-5-4-8-18-9-13)17(22)15-12-24-20-19-15/h2-9,12H,10-11H2,1H3. The van der Waals surface area contributed by atoms with Crippen LogP contribution in [0, 0.1) is 0 Å². The Morgan fingerprint density at radius 1 is 1.21 bits per heavy atom. The van der Waals surface area contributed by atoms with Crippen molar-refractivity contribution >= 4 is 17.4 Å². The smallest absolute Gasteiger partial charge is 0.275 e. The van der Waals surface area contributed by atoms with Gasteiger partial charge in [0.05, 0.1) is 13.7 Å². The minimum Gasteiger partial charge on any atom is -0.496 e. The number of hydrogen-bond acceptors (Lipinski definition) is 6. The molecule has 2 heterocycles. The summed E-state index contributed by atoms with van der Waals surface area (Å²) in [6.45, 7) is 0.845. The van der Waals surface area contributed by atoms with Crippen molar-refractivity contribution in [1.29, 1.82) is 0 Å². The van der Waals surface area contributed by atoms with E-state index in [2.05, 4.69) is 14.6 Å². The van der Waals surface area contributed by atoms with Gasteiger partial charge in [-0.05, 0) is 29.2 Å². The van der Waals surface area contributed by atoms with Crippen molar-refractivity contribution in [2.45, 2.75) is 13.1 Å². The third-order valence-corrected chi connectivity index (χ3v) is 4.02. The summed E-state index contributed by atoms with van der Waals surface area (Å²) < 4.78 is 9.17. The molecule has 2 aromatic heterocycles. The van der Waals surface area contributed by atoms with Crippen molar-refractivity contribution in [2.24, 2.45) is 0 Å². The summed E-state index contributed by atoms with van der Waals surface area (Å²) in [7, 11) is 1.62. The average Bonchev–Trinajstić information content (AvgIpc) is 3.16. The monoisotopic (exact) mass is 340 g/mol. The highest BCUT2D eigenvalue weighted by Gasteiger charge is 2.20. The molecule has 0 unspecified atom stereocenters. The number of nitrogens with zero attached hydrogens (tertiary/aromatic N) is 4. The fraction of sp³-hybridized carbons (Fsp3) is 0.176. The highest BCUT2D eigenvalue weighted by atomic mass is 32.1. The molecule has 0 saturated carbocycles. The zero-order chi connectivity index (χ0) is 16.8. The van der Waals surface area contributed by atoms with E-state index >= 15 is 0 Å². The average molecular weight is 340 g/mol. The van der Waals surface area contributed by atoms with Gasteiger partial charge in [0.2, 0.25) is 0 Å². The first kappa shape index (κ1) is 16.1. The van der Waals surface area contributed by atoms with E-state index in [0.29, 0.717) is 18.8 Å². The van der Waals surface area contributed by atoms with Gasteiger partial charge >= 0.3 is 0 Å². The molecule has 122 valence electrons. The molecule has 0 aliphatic heterocycles. The summed E-state index contributed by atoms with van der Waals surface area (Å²) in [5.41, 5.74) is 2.23. The molecular weight excluding hydrogens is 324 g/mol.